The molecule has 218 valence electrons. The molecule has 2 aromatic rings. The molecule has 9 heteroatoms. The molecular weight excluding hydrogens is 510 g/mol. The van der Waals surface area contributed by atoms with Crippen molar-refractivity contribution in [2.75, 3.05) is 37.7 Å². The van der Waals surface area contributed by atoms with Crippen molar-refractivity contribution in [1.29, 1.82) is 0 Å². The van der Waals surface area contributed by atoms with Gasteiger partial charge in [0, 0.05) is 39.2 Å². The number of benzene rings is 2. The number of fused-ring (bicyclic) bond motifs is 1. The number of ether oxygens (including phenoxy) is 3. The molecule has 4 rings (SSSR count). The molecule has 2 aromatic carbocycles. The van der Waals surface area contributed by atoms with E-state index in [-0.39, 0.29) is 18.5 Å². The maximum Gasteiger partial charge on any atom is 0.329 e. The van der Waals surface area contributed by atoms with Crippen LogP contribution in [0.5, 0.6) is 5.75 Å². The molecule has 0 bridgehead atoms. The first kappa shape index (κ1) is 30.0. The van der Waals surface area contributed by atoms with Crippen LogP contribution in [0.1, 0.15) is 75.2 Å². The van der Waals surface area contributed by atoms with Crippen molar-refractivity contribution in [1.82, 2.24) is 10.6 Å². The second-order valence-corrected chi connectivity index (χ2v) is 10.9. The number of rotatable bonds is 16. The van der Waals surface area contributed by atoms with E-state index < -0.39 is 11.9 Å². The van der Waals surface area contributed by atoms with Crippen molar-refractivity contribution >= 4 is 17.6 Å². The van der Waals surface area contributed by atoms with Crippen LogP contribution < -0.4 is 20.3 Å². The van der Waals surface area contributed by atoms with Crippen molar-refractivity contribution in [2.24, 2.45) is 0 Å². The Balaban J connectivity index is 0.997. The van der Waals surface area contributed by atoms with E-state index in [0.717, 1.165) is 80.5 Å². The van der Waals surface area contributed by atoms with Gasteiger partial charge in [0.15, 0.2) is 0 Å². The first-order valence-electron chi connectivity index (χ1n) is 14.4. The van der Waals surface area contributed by atoms with Gasteiger partial charge in [-0.3, -0.25) is 4.79 Å². The van der Waals surface area contributed by atoms with Crippen molar-refractivity contribution < 1.29 is 28.9 Å². The third-order valence-corrected chi connectivity index (χ3v) is 7.19. The number of hydrogen-bond acceptors (Lipinski definition) is 7. The van der Waals surface area contributed by atoms with Crippen LogP contribution in [0.25, 0.3) is 0 Å². The molecule has 2 aliphatic rings. The van der Waals surface area contributed by atoms with Crippen molar-refractivity contribution in [3.05, 3.63) is 59.2 Å². The summed E-state index contributed by atoms with van der Waals surface area (Å²) in [5.41, 5.74) is 3.52. The van der Waals surface area contributed by atoms with Crippen LogP contribution in [0, 0.1) is 0 Å². The van der Waals surface area contributed by atoms with E-state index in [1.54, 1.807) is 0 Å². The number of nitrogens with zero attached hydrogens (tertiary/aromatic N) is 1. The number of carbonyl (C=O) groups excluding carboxylic acids is 2. The fraction of sp³-hybridized carbons (Fsp3) is 0.548. The Kier molecular flexibility index (Phi) is 10.9. The number of nitrogens with one attached hydrogen (secondary N) is 2. The van der Waals surface area contributed by atoms with Crippen molar-refractivity contribution in [2.45, 2.75) is 77.3 Å². The quantitative estimate of drug-likeness (QED) is 0.206. The van der Waals surface area contributed by atoms with Gasteiger partial charge in [-0.05, 0) is 68.0 Å². The average molecular weight is 554 g/mol. The van der Waals surface area contributed by atoms with Crippen LogP contribution in [0.4, 0.5) is 10.5 Å². The van der Waals surface area contributed by atoms with E-state index >= 15 is 0 Å². The Hall–Kier alpha value is -2.98. The molecular formula is C31H43N3O6. The lowest BCUT2D eigenvalue weighted by Gasteiger charge is -2.33. The lowest BCUT2D eigenvalue weighted by atomic mass is 10.0. The molecule has 3 N–H and O–H groups in total. The molecule has 1 saturated heterocycles. The fourth-order valence-electron chi connectivity index (χ4n) is 4.96. The second-order valence-electron chi connectivity index (χ2n) is 10.9. The third kappa shape index (κ3) is 8.51. The lowest BCUT2D eigenvalue weighted by Crippen LogP contribution is -2.35. The number of para-hydroxylation sites is 1. The molecule has 2 heterocycles. The zero-order chi connectivity index (χ0) is 28.4. The van der Waals surface area contributed by atoms with Gasteiger partial charge in [0.25, 0.3) is 5.91 Å². The molecule has 9 nitrogen and oxygen atoms in total. The van der Waals surface area contributed by atoms with Gasteiger partial charge in [-0.2, -0.15) is 0 Å². The Morgan fingerprint density at radius 1 is 1.05 bits per heavy atom. The minimum Gasteiger partial charge on any atom is -0.463 e. The number of hydrogen-bond donors (Lipinski definition) is 3. The first-order valence-corrected chi connectivity index (χ1v) is 14.4. The van der Waals surface area contributed by atoms with Gasteiger partial charge < -0.3 is 30.0 Å². The van der Waals surface area contributed by atoms with E-state index in [1.807, 2.05) is 56.3 Å². The van der Waals surface area contributed by atoms with Crippen LogP contribution in [0.15, 0.2) is 42.5 Å². The number of aliphatic hydroxyl groups is 1. The molecule has 0 spiro atoms. The van der Waals surface area contributed by atoms with Crippen LogP contribution in [-0.4, -0.2) is 55.7 Å². The van der Waals surface area contributed by atoms with E-state index in [0.29, 0.717) is 25.4 Å². The highest BCUT2D eigenvalue weighted by Gasteiger charge is 2.31. The minimum atomic E-state index is -0.617. The highest BCUT2D eigenvalue weighted by Crippen LogP contribution is 2.33. The average Bonchev–Trinajstić information content (AvgIpc) is 3.27. The summed E-state index contributed by atoms with van der Waals surface area (Å²) >= 11 is 0. The summed E-state index contributed by atoms with van der Waals surface area (Å²) in [6.07, 6.45) is 6.43. The molecule has 40 heavy (non-hydrogen) atoms. The van der Waals surface area contributed by atoms with Crippen LogP contribution >= 0.6 is 0 Å². The Labute approximate surface area is 237 Å². The highest BCUT2D eigenvalue weighted by molar-refractivity contribution is 6.20. The summed E-state index contributed by atoms with van der Waals surface area (Å²) < 4.78 is 17.3. The molecule has 2 aliphatic heterocycles. The molecule has 0 radical (unpaired) electrons. The van der Waals surface area contributed by atoms with E-state index in [2.05, 4.69) is 10.6 Å². The number of aliphatic hydroxyl groups excluding tert-OH is 1. The third-order valence-electron chi connectivity index (χ3n) is 7.19. The number of aryl methyl sites for hydroxylation is 1. The number of anilines is 1. The highest BCUT2D eigenvalue weighted by atomic mass is 16.7. The van der Waals surface area contributed by atoms with E-state index in [1.165, 1.54) is 4.90 Å². The number of amides is 3. The smallest absolute Gasteiger partial charge is 0.329 e. The molecule has 1 atom stereocenters. The van der Waals surface area contributed by atoms with Gasteiger partial charge in [-0.1, -0.05) is 37.1 Å². The number of unbranched alkanes of at least 4 members (excludes halogenated alkanes) is 4. The van der Waals surface area contributed by atoms with Gasteiger partial charge in [-0.15, -0.1) is 0 Å². The van der Waals surface area contributed by atoms with Gasteiger partial charge >= 0.3 is 6.03 Å². The molecule has 0 unspecified atom stereocenters. The number of carbonyl (C=O) groups is 2. The van der Waals surface area contributed by atoms with Crippen LogP contribution in [-0.2, 0) is 27.3 Å². The summed E-state index contributed by atoms with van der Waals surface area (Å²) in [6.45, 7) is 7.18. The second kappa shape index (κ2) is 14.6. The predicted octanol–water partition coefficient (Wildman–Crippen LogP) is 4.61. The summed E-state index contributed by atoms with van der Waals surface area (Å²) in [5, 5.41) is 16.5. The number of imide groups is 1. The molecule has 3 amide bonds. The van der Waals surface area contributed by atoms with Crippen molar-refractivity contribution in [3.8, 4) is 5.75 Å². The summed E-state index contributed by atoms with van der Waals surface area (Å²) in [6, 6.07) is 13.0. The minimum absolute atomic E-state index is 0.0577. The topological polar surface area (TPSA) is 109 Å². The maximum absolute atomic E-state index is 12.0. The van der Waals surface area contributed by atoms with Crippen molar-refractivity contribution in [3.63, 3.8) is 0 Å². The monoisotopic (exact) mass is 553 g/mol. The molecule has 0 saturated carbocycles. The van der Waals surface area contributed by atoms with E-state index in [9.17, 15) is 14.7 Å². The Morgan fingerprint density at radius 3 is 2.62 bits per heavy atom. The SMILES string of the molecule is CC1(C)OCc2cc([C@@H](O)CNCCCCCCOCCCCc3ccccc3N3C(=O)CNC3=O)ccc2O1. The van der Waals surface area contributed by atoms with E-state index in [4.69, 9.17) is 14.2 Å². The largest absolute Gasteiger partial charge is 0.463 e. The fourth-order valence-corrected chi connectivity index (χ4v) is 4.96. The van der Waals surface area contributed by atoms with Gasteiger partial charge in [0.2, 0.25) is 5.79 Å². The van der Waals surface area contributed by atoms with Crippen LogP contribution in [0.3, 0.4) is 0 Å². The molecule has 0 aliphatic carbocycles. The first-order chi connectivity index (χ1) is 19.3. The normalized spacial score (nSPS) is 16.9. The number of urea groups is 1. The Morgan fingerprint density at radius 2 is 1.82 bits per heavy atom. The Bertz CT molecular complexity index is 1120. The van der Waals surface area contributed by atoms with Crippen LogP contribution in [0.2, 0.25) is 0 Å². The zero-order valence-electron chi connectivity index (χ0n) is 23.7. The zero-order valence-corrected chi connectivity index (χ0v) is 23.7. The van der Waals surface area contributed by atoms with Gasteiger partial charge in [-0.25, -0.2) is 9.69 Å². The molecule has 1 fully saturated rings. The summed E-state index contributed by atoms with van der Waals surface area (Å²) in [4.78, 5) is 25.3. The maximum atomic E-state index is 12.0. The van der Waals surface area contributed by atoms with Gasteiger partial charge in [0.05, 0.1) is 24.9 Å². The molecule has 0 aromatic heterocycles. The summed E-state index contributed by atoms with van der Waals surface area (Å²) in [7, 11) is 0. The standard InChI is InChI=1S/C31H43N3O6/c1-31(2)39-22-25-19-24(14-15-28(25)40-31)27(35)20-32-16-8-3-4-9-17-38-18-10-7-12-23-11-5-6-13-26(23)34-29(36)21-33-30(34)37/h5-6,11,13-15,19,27,32,35H,3-4,7-10,12,16-18,20-22H2,1-2H3,(H,33,37)/t27-/m0/s1. The lowest BCUT2D eigenvalue weighted by molar-refractivity contribution is -0.180. The van der Waals surface area contributed by atoms with Gasteiger partial charge in [0.1, 0.15) is 5.75 Å². The summed E-state index contributed by atoms with van der Waals surface area (Å²) in [5.74, 6) is -0.0116. The predicted molar refractivity (Wildman–Crippen MR) is 153 cm³/mol.